The van der Waals surface area contributed by atoms with Crippen LogP contribution < -0.4 is 10.2 Å². The van der Waals surface area contributed by atoms with E-state index < -0.39 is 0 Å². The van der Waals surface area contributed by atoms with Crippen molar-refractivity contribution in [2.24, 2.45) is 0 Å². The van der Waals surface area contributed by atoms with Crippen LogP contribution in [0.15, 0.2) is 6.07 Å². The molecule has 0 spiro atoms. The summed E-state index contributed by atoms with van der Waals surface area (Å²) in [5, 5.41) is 3.24. The number of hydrogen-bond acceptors (Lipinski definition) is 5. The van der Waals surface area contributed by atoms with Crippen molar-refractivity contribution in [2.75, 3.05) is 30.9 Å². The second-order valence-corrected chi connectivity index (χ2v) is 4.69. The molecule has 0 atom stereocenters. The van der Waals surface area contributed by atoms with Gasteiger partial charge in [0.05, 0.1) is 0 Å². The summed E-state index contributed by atoms with van der Waals surface area (Å²) in [6.07, 6.45) is 3.85. The van der Waals surface area contributed by atoms with Crippen LogP contribution in [0.1, 0.15) is 32.0 Å². The van der Waals surface area contributed by atoms with Crippen LogP contribution in [0.25, 0.3) is 0 Å². The molecule has 5 nitrogen and oxygen atoms in total. The zero-order chi connectivity index (χ0) is 13.0. The molecule has 0 saturated heterocycles. The Bertz CT molecular complexity index is 368. The van der Waals surface area contributed by atoms with Gasteiger partial charge in [-0.05, 0) is 26.2 Å². The highest BCUT2D eigenvalue weighted by Gasteiger charge is 2.23. The van der Waals surface area contributed by atoms with Crippen LogP contribution in [0.2, 0.25) is 0 Å². The van der Waals surface area contributed by atoms with Gasteiger partial charge in [0, 0.05) is 32.8 Å². The van der Waals surface area contributed by atoms with Crippen LogP contribution in [-0.2, 0) is 11.3 Å². The maximum atomic E-state index is 5.13. The Morgan fingerprint density at radius 3 is 2.78 bits per heavy atom. The molecule has 1 aromatic heterocycles. The first-order valence-corrected chi connectivity index (χ1v) is 6.58. The highest BCUT2D eigenvalue weighted by molar-refractivity contribution is 5.49. The highest BCUT2D eigenvalue weighted by atomic mass is 16.5. The monoisotopic (exact) mass is 250 g/mol. The smallest absolute Gasteiger partial charge is 0.158 e. The third-order valence-electron chi connectivity index (χ3n) is 3.37. The normalized spacial score (nSPS) is 15.3. The zero-order valence-corrected chi connectivity index (χ0v) is 11.4. The molecule has 5 heteroatoms. The average Bonchev–Trinajstić information content (AvgIpc) is 2.27. The summed E-state index contributed by atoms with van der Waals surface area (Å²) in [6, 6.07) is 2.64. The molecule has 1 aliphatic carbocycles. The van der Waals surface area contributed by atoms with Crippen molar-refractivity contribution in [1.82, 2.24) is 9.97 Å². The molecule has 1 aliphatic rings. The van der Waals surface area contributed by atoms with Gasteiger partial charge in [-0.25, -0.2) is 9.97 Å². The first kappa shape index (κ1) is 13.1. The van der Waals surface area contributed by atoms with E-state index in [2.05, 4.69) is 34.2 Å². The topological polar surface area (TPSA) is 50.3 Å². The van der Waals surface area contributed by atoms with E-state index >= 15 is 0 Å². The Kier molecular flexibility index (Phi) is 4.36. The summed E-state index contributed by atoms with van der Waals surface area (Å²) >= 11 is 0. The minimum Gasteiger partial charge on any atom is -0.377 e. The second kappa shape index (κ2) is 6.00. The molecule has 0 radical (unpaired) electrons. The number of nitrogens with one attached hydrogen (secondary N) is 1. The molecule has 0 aliphatic heterocycles. The molecule has 0 bridgehead atoms. The third-order valence-corrected chi connectivity index (χ3v) is 3.37. The van der Waals surface area contributed by atoms with Gasteiger partial charge in [0.15, 0.2) is 5.82 Å². The molecule has 1 N–H and O–H groups in total. The van der Waals surface area contributed by atoms with Crippen molar-refractivity contribution in [3.63, 3.8) is 0 Å². The molecular weight excluding hydrogens is 228 g/mol. The lowest BCUT2D eigenvalue weighted by Crippen LogP contribution is -2.37. The summed E-state index contributed by atoms with van der Waals surface area (Å²) in [6.45, 7) is 3.37. The fraction of sp³-hybridized carbons (Fsp3) is 0.692. The number of methoxy groups -OCH3 is 1. The summed E-state index contributed by atoms with van der Waals surface area (Å²) in [7, 11) is 3.77. The summed E-state index contributed by atoms with van der Waals surface area (Å²) in [5.74, 6) is 2.59. The van der Waals surface area contributed by atoms with E-state index in [1.807, 2.05) is 6.07 Å². The van der Waals surface area contributed by atoms with E-state index in [-0.39, 0.29) is 0 Å². The Hall–Kier alpha value is -1.36. The Balaban J connectivity index is 2.20. The minimum absolute atomic E-state index is 0.449. The second-order valence-electron chi connectivity index (χ2n) is 4.69. The van der Waals surface area contributed by atoms with Crippen molar-refractivity contribution in [2.45, 2.75) is 38.8 Å². The largest absolute Gasteiger partial charge is 0.377 e. The van der Waals surface area contributed by atoms with Gasteiger partial charge in [0.2, 0.25) is 0 Å². The van der Waals surface area contributed by atoms with E-state index in [1.165, 1.54) is 19.3 Å². The zero-order valence-electron chi connectivity index (χ0n) is 11.4. The lowest BCUT2D eigenvalue weighted by molar-refractivity contribution is 0.178. The van der Waals surface area contributed by atoms with E-state index in [0.717, 1.165) is 24.0 Å². The third kappa shape index (κ3) is 2.90. The summed E-state index contributed by atoms with van der Waals surface area (Å²) < 4.78 is 5.13. The molecular formula is C13H22N4O. The van der Waals surface area contributed by atoms with Crippen molar-refractivity contribution >= 4 is 11.6 Å². The van der Waals surface area contributed by atoms with Gasteiger partial charge in [0.25, 0.3) is 0 Å². The van der Waals surface area contributed by atoms with Crippen molar-refractivity contribution < 1.29 is 4.74 Å². The molecule has 1 aromatic rings. The van der Waals surface area contributed by atoms with Crippen molar-refractivity contribution in [3.8, 4) is 0 Å². The fourth-order valence-corrected chi connectivity index (χ4v) is 2.09. The van der Waals surface area contributed by atoms with Crippen LogP contribution in [0.4, 0.5) is 11.6 Å². The maximum absolute atomic E-state index is 5.13. The average molecular weight is 250 g/mol. The van der Waals surface area contributed by atoms with Crippen LogP contribution >= 0.6 is 0 Å². The van der Waals surface area contributed by atoms with Crippen LogP contribution in [0.5, 0.6) is 0 Å². The number of rotatable bonds is 6. The minimum atomic E-state index is 0.449. The number of nitrogens with zero attached hydrogens (tertiary/aromatic N) is 3. The summed E-state index contributed by atoms with van der Waals surface area (Å²) in [4.78, 5) is 11.2. The maximum Gasteiger partial charge on any atom is 0.158 e. The van der Waals surface area contributed by atoms with Crippen molar-refractivity contribution in [1.29, 1.82) is 0 Å². The van der Waals surface area contributed by atoms with E-state index in [1.54, 1.807) is 7.11 Å². The SMILES string of the molecule is CCNc1cc(N(C)C2CCC2)nc(COC)n1. The van der Waals surface area contributed by atoms with Gasteiger partial charge in [-0.15, -0.1) is 0 Å². The van der Waals surface area contributed by atoms with Crippen LogP contribution in [0, 0.1) is 0 Å². The molecule has 1 fully saturated rings. The van der Waals surface area contributed by atoms with Gasteiger partial charge in [-0.3, -0.25) is 0 Å². The number of anilines is 2. The van der Waals surface area contributed by atoms with Gasteiger partial charge < -0.3 is 15.0 Å². The molecule has 1 saturated carbocycles. The number of hydrogen-bond donors (Lipinski definition) is 1. The molecule has 0 aromatic carbocycles. The Morgan fingerprint density at radius 2 is 2.22 bits per heavy atom. The predicted octanol–water partition coefficient (Wildman–Crippen LogP) is 2.04. The first-order valence-electron chi connectivity index (χ1n) is 6.58. The van der Waals surface area contributed by atoms with Gasteiger partial charge in [-0.2, -0.15) is 0 Å². The lowest BCUT2D eigenvalue weighted by atomic mass is 9.92. The van der Waals surface area contributed by atoms with Gasteiger partial charge >= 0.3 is 0 Å². The molecule has 2 rings (SSSR count). The first-order chi connectivity index (χ1) is 8.74. The summed E-state index contributed by atoms with van der Waals surface area (Å²) in [5.41, 5.74) is 0. The van der Waals surface area contributed by atoms with Gasteiger partial charge in [0.1, 0.15) is 18.2 Å². The predicted molar refractivity (Wildman–Crippen MR) is 73.0 cm³/mol. The van der Waals surface area contributed by atoms with E-state index in [0.29, 0.717) is 12.6 Å². The van der Waals surface area contributed by atoms with E-state index in [9.17, 15) is 0 Å². The van der Waals surface area contributed by atoms with Crippen LogP contribution in [-0.4, -0.2) is 36.7 Å². The van der Waals surface area contributed by atoms with Crippen molar-refractivity contribution in [3.05, 3.63) is 11.9 Å². The lowest BCUT2D eigenvalue weighted by Gasteiger charge is -2.35. The molecule has 0 unspecified atom stereocenters. The van der Waals surface area contributed by atoms with Gasteiger partial charge in [-0.1, -0.05) is 0 Å². The molecule has 0 amide bonds. The Morgan fingerprint density at radius 1 is 1.44 bits per heavy atom. The fourth-order valence-electron chi connectivity index (χ4n) is 2.09. The van der Waals surface area contributed by atoms with Crippen LogP contribution in [0.3, 0.4) is 0 Å². The molecule has 1 heterocycles. The highest BCUT2D eigenvalue weighted by Crippen LogP contribution is 2.28. The molecule has 18 heavy (non-hydrogen) atoms. The quantitative estimate of drug-likeness (QED) is 0.837. The number of ether oxygens (including phenoxy) is 1. The van der Waals surface area contributed by atoms with E-state index in [4.69, 9.17) is 4.74 Å². The molecule has 100 valence electrons. The Labute approximate surface area is 109 Å². The standard InChI is InChI=1S/C13H22N4O/c1-4-14-11-8-13(16-12(15-11)9-18-3)17(2)10-6-5-7-10/h8,10H,4-7,9H2,1-3H3,(H,14,15,16). The number of aromatic nitrogens is 2.